The SMILES string of the molecule is CNc1ccc(C(=O)NCc2cc(=O)c3nc(-c4cc(Cl)c5ncccc5c4)c(-c4ccccc4)nc3[nH]2)cc1. The largest absolute Gasteiger partial charge is 0.388 e. The molecule has 0 radical (unpaired) electrons. The van der Waals surface area contributed by atoms with Gasteiger partial charge in [-0.3, -0.25) is 14.6 Å². The van der Waals surface area contributed by atoms with Crippen molar-refractivity contribution in [1.29, 1.82) is 0 Å². The Morgan fingerprint density at radius 3 is 2.42 bits per heavy atom. The molecule has 3 aromatic heterocycles. The first-order valence-electron chi connectivity index (χ1n) is 12.6. The van der Waals surface area contributed by atoms with Crippen LogP contribution in [0.4, 0.5) is 5.69 Å². The van der Waals surface area contributed by atoms with E-state index in [0.717, 1.165) is 22.2 Å². The third-order valence-electron chi connectivity index (χ3n) is 6.57. The summed E-state index contributed by atoms with van der Waals surface area (Å²) in [4.78, 5) is 43.1. The van der Waals surface area contributed by atoms with E-state index >= 15 is 0 Å². The highest BCUT2D eigenvalue weighted by atomic mass is 35.5. The summed E-state index contributed by atoms with van der Waals surface area (Å²) in [7, 11) is 1.81. The summed E-state index contributed by atoms with van der Waals surface area (Å²) in [6, 6.07) is 25.7. The van der Waals surface area contributed by atoms with E-state index in [9.17, 15) is 9.59 Å². The molecule has 3 aromatic carbocycles. The Balaban J connectivity index is 1.41. The van der Waals surface area contributed by atoms with Crippen LogP contribution in [0, 0.1) is 0 Å². The minimum absolute atomic E-state index is 0.120. The van der Waals surface area contributed by atoms with Crippen molar-refractivity contribution in [2.24, 2.45) is 0 Å². The smallest absolute Gasteiger partial charge is 0.251 e. The summed E-state index contributed by atoms with van der Waals surface area (Å²) < 4.78 is 0. The average Bonchev–Trinajstić information content (AvgIpc) is 3.00. The number of nitrogens with one attached hydrogen (secondary N) is 3. The number of carbonyl (C=O) groups is 1. The van der Waals surface area contributed by atoms with E-state index in [1.54, 1.807) is 24.4 Å². The van der Waals surface area contributed by atoms with Gasteiger partial charge in [0.1, 0.15) is 0 Å². The third kappa shape index (κ3) is 4.88. The Kier molecular flexibility index (Phi) is 6.67. The minimum Gasteiger partial charge on any atom is -0.388 e. The highest BCUT2D eigenvalue weighted by Gasteiger charge is 2.17. The Labute approximate surface area is 234 Å². The van der Waals surface area contributed by atoms with Crippen molar-refractivity contribution in [3.8, 4) is 22.5 Å². The van der Waals surface area contributed by atoms with Crippen molar-refractivity contribution in [1.82, 2.24) is 25.3 Å². The zero-order valence-electron chi connectivity index (χ0n) is 21.4. The summed E-state index contributed by atoms with van der Waals surface area (Å²) >= 11 is 6.58. The Morgan fingerprint density at radius 1 is 0.875 bits per heavy atom. The number of aromatic amines is 1. The van der Waals surface area contributed by atoms with Crippen LogP contribution in [0.5, 0.6) is 0 Å². The number of nitrogens with zero attached hydrogens (tertiary/aromatic N) is 3. The molecular formula is C31H23ClN6O2. The zero-order chi connectivity index (χ0) is 27.6. The summed E-state index contributed by atoms with van der Waals surface area (Å²) in [5.41, 5.74) is 5.50. The van der Waals surface area contributed by atoms with Gasteiger partial charge in [-0.05, 0) is 42.5 Å². The molecule has 0 unspecified atom stereocenters. The standard InChI is InChI=1S/C31H23ClN6O2/c1-33-22-11-9-19(10-12-22)31(40)35-17-23-16-25(39)29-30(36-23)38-27(18-6-3-2-4-7-18)28(37-29)21-14-20-8-5-13-34-26(20)24(32)15-21/h2-16,33H,17H2,1H3,(H,35,40)(H,36,38,39). The van der Waals surface area contributed by atoms with Gasteiger partial charge in [0, 0.05) is 52.8 Å². The van der Waals surface area contributed by atoms with Gasteiger partial charge in [0.05, 0.1) is 28.5 Å². The predicted octanol–water partition coefficient (Wildman–Crippen LogP) is 5.83. The molecule has 196 valence electrons. The second-order valence-corrected chi connectivity index (χ2v) is 9.59. The van der Waals surface area contributed by atoms with Crippen LogP contribution >= 0.6 is 11.6 Å². The molecular weight excluding hydrogens is 524 g/mol. The number of H-pyrrole nitrogens is 1. The Hall–Kier alpha value is -5.08. The number of benzene rings is 3. The second kappa shape index (κ2) is 10.6. The summed E-state index contributed by atoms with van der Waals surface area (Å²) in [6.07, 6.45) is 1.69. The maximum atomic E-state index is 13.2. The van der Waals surface area contributed by atoms with E-state index in [0.29, 0.717) is 38.8 Å². The van der Waals surface area contributed by atoms with E-state index in [1.165, 1.54) is 6.07 Å². The molecule has 0 atom stereocenters. The van der Waals surface area contributed by atoms with E-state index in [4.69, 9.17) is 21.6 Å². The molecule has 6 aromatic rings. The quantitative estimate of drug-likeness (QED) is 0.242. The van der Waals surface area contributed by atoms with Crippen molar-refractivity contribution in [3.63, 3.8) is 0 Å². The molecule has 0 fully saturated rings. The van der Waals surface area contributed by atoms with Crippen LogP contribution in [0.25, 0.3) is 44.6 Å². The predicted molar refractivity (Wildman–Crippen MR) is 159 cm³/mol. The van der Waals surface area contributed by atoms with Gasteiger partial charge in [0.2, 0.25) is 5.43 Å². The minimum atomic E-state index is -0.307. The second-order valence-electron chi connectivity index (χ2n) is 9.19. The van der Waals surface area contributed by atoms with Crippen LogP contribution in [0.3, 0.4) is 0 Å². The van der Waals surface area contributed by atoms with Crippen LogP contribution in [0.15, 0.2) is 95.9 Å². The van der Waals surface area contributed by atoms with Crippen LogP contribution in [-0.2, 0) is 6.54 Å². The maximum Gasteiger partial charge on any atom is 0.251 e. The lowest BCUT2D eigenvalue weighted by molar-refractivity contribution is 0.0950. The fourth-order valence-corrected chi connectivity index (χ4v) is 4.83. The molecule has 9 heteroatoms. The number of fused-ring (bicyclic) bond motifs is 2. The van der Waals surface area contributed by atoms with Crippen LogP contribution in [-0.4, -0.2) is 32.9 Å². The fourth-order valence-electron chi connectivity index (χ4n) is 4.55. The van der Waals surface area contributed by atoms with E-state index in [-0.39, 0.29) is 23.4 Å². The molecule has 0 spiro atoms. The van der Waals surface area contributed by atoms with Gasteiger partial charge in [-0.25, -0.2) is 9.97 Å². The molecule has 3 N–H and O–H groups in total. The topological polar surface area (TPSA) is 113 Å². The zero-order valence-corrected chi connectivity index (χ0v) is 22.2. The molecule has 1 amide bonds. The highest BCUT2D eigenvalue weighted by Crippen LogP contribution is 2.34. The number of carbonyl (C=O) groups excluding carboxylic acids is 1. The number of amides is 1. The summed E-state index contributed by atoms with van der Waals surface area (Å²) in [6.45, 7) is 0.120. The molecule has 0 saturated carbocycles. The molecule has 6 rings (SSSR count). The van der Waals surface area contributed by atoms with Crippen molar-refractivity contribution in [2.45, 2.75) is 6.54 Å². The lowest BCUT2D eigenvalue weighted by Crippen LogP contribution is -2.24. The molecule has 40 heavy (non-hydrogen) atoms. The fraction of sp³-hybridized carbons (Fsp3) is 0.0645. The van der Waals surface area contributed by atoms with Crippen LogP contribution in [0.1, 0.15) is 16.1 Å². The van der Waals surface area contributed by atoms with Gasteiger partial charge in [0.25, 0.3) is 5.91 Å². The van der Waals surface area contributed by atoms with E-state index < -0.39 is 0 Å². The molecule has 0 aliphatic rings. The number of halogens is 1. The van der Waals surface area contributed by atoms with Gasteiger partial charge in [0.15, 0.2) is 11.2 Å². The Morgan fingerprint density at radius 2 is 1.65 bits per heavy atom. The van der Waals surface area contributed by atoms with Crippen molar-refractivity contribution >= 4 is 45.3 Å². The molecule has 3 heterocycles. The number of hydrogen-bond donors (Lipinski definition) is 3. The maximum absolute atomic E-state index is 13.2. The van der Waals surface area contributed by atoms with Gasteiger partial charge in [-0.15, -0.1) is 0 Å². The number of pyridine rings is 2. The van der Waals surface area contributed by atoms with Crippen molar-refractivity contribution < 1.29 is 4.79 Å². The van der Waals surface area contributed by atoms with Gasteiger partial charge in [-0.2, -0.15) is 0 Å². The number of rotatable bonds is 6. The number of aromatic nitrogens is 4. The molecule has 8 nitrogen and oxygen atoms in total. The normalized spacial score (nSPS) is 11.1. The summed E-state index contributed by atoms with van der Waals surface area (Å²) in [5.74, 6) is -0.252. The van der Waals surface area contributed by atoms with Gasteiger partial charge in [-0.1, -0.05) is 48.0 Å². The molecule has 0 aliphatic carbocycles. The lowest BCUT2D eigenvalue weighted by atomic mass is 10.0. The van der Waals surface area contributed by atoms with Crippen LogP contribution in [0.2, 0.25) is 5.02 Å². The molecule has 0 aliphatic heterocycles. The summed E-state index contributed by atoms with van der Waals surface area (Å²) in [5, 5.41) is 7.21. The van der Waals surface area contributed by atoms with E-state index in [2.05, 4.69) is 20.6 Å². The monoisotopic (exact) mass is 546 g/mol. The van der Waals surface area contributed by atoms with Crippen LogP contribution < -0.4 is 16.1 Å². The first-order chi connectivity index (χ1) is 19.5. The van der Waals surface area contributed by atoms with Gasteiger partial charge < -0.3 is 15.6 Å². The van der Waals surface area contributed by atoms with Crippen molar-refractivity contribution in [3.05, 3.63) is 118 Å². The molecule has 0 bridgehead atoms. The number of hydrogen-bond acceptors (Lipinski definition) is 6. The van der Waals surface area contributed by atoms with Crippen molar-refractivity contribution in [2.75, 3.05) is 12.4 Å². The highest BCUT2D eigenvalue weighted by molar-refractivity contribution is 6.35. The average molecular weight is 547 g/mol. The first-order valence-corrected chi connectivity index (χ1v) is 13.0. The molecule has 0 saturated heterocycles. The van der Waals surface area contributed by atoms with E-state index in [1.807, 2.05) is 67.7 Å². The Bertz CT molecular complexity index is 1940. The first kappa shape index (κ1) is 25.2. The number of anilines is 1. The lowest BCUT2D eigenvalue weighted by Gasteiger charge is -2.13. The van der Waals surface area contributed by atoms with Gasteiger partial charge >= 0.3 is 0 Å². The third-order valence-corrected chi connectivity index (χ3v) is 6.86.